The molecule has 0 bridgehead atoms. The molecule has 0 saturated heterocycles. The van der Waals surface area contributed by atoms with Crippen LogP contribution < -0.4 is 10.6 Å². The molecule has 0 rings (SSSR count). The molecule has 114 valence electrons. The molecule has 0 aromatic rings. The SMILES string of the molecule is CCN(CC)CC(O)CNCCC(=O)NC(C)(C)C. The fourth-order valence-electron chi connectivity index (χ4n) is 1.80. The molecule has 0 aliphatic heterocycles. The molecule has 0 aliphatic carbocycles. The van der Waals surface area contributed by atoms with Crippen molar-refractivity contribution in [2.45, 2.75) is 52.7 Å². The van der Waals surface area contributed by atoms with Gasteiger partial charge in [0.1, 0.15) is 0 Å². The maximum absolute atomic E-state index is 11.6. The van der Waals surface area contributed by atoms with Gasteiger partial charge in [-0.15, -0.1) is 0 Å². The average Bonchev–Trinajstić information content (AvgIpc) is 2.29. The van der Waals surface area contributed by atoms with Crippen LogP contribution in [0.4, 0.5) is 0 Å². The van der Waals surface area contributed by atoms with Crippen molar-refractivity contribution in [2.75, 3.05) is 32.7 Å². The fourth-order valence-corrected chi connectivity index (χ4v) is 1.80. The number of hydrogen-bond donors (Lipinski definition) is 3. The molecular formula is C14H31N3O2. The predicted octanol–water partition coefficient (Wildman–Crippen LogP) is 0.584. The van der Waals surface area contributed by atoms with Crippen LogP contribution in [0, 0.1) is 0 Å². The number of aliphatic hydroxyl groups excluding tert-OH is 1. The van der Waals surface area contributed by atoms with E-state index in [1.807, 2.05) is 20.8 Å². The Morgan fingerprint density at radius 2 is 1.84 bits per heavy atom. The molecule has 0 aromatic heterocycles. The van der Waals surface area contributed by atoms with Crippen molar-refractivity contribution >= 4 is 5.91 Å². The first-order chi connectivity index (χ1) is 8.78. The Kier molecular flexibility index (Phi) is 8.97. The van der Waals surface area contributed by atoms with Gasteiger partial charge in [0.25, 0.3) is 0 Å². The van der Waals surface area contributed by atoms with Gasteiger partial charge in [0.15, 0.2) is 0 Å². The lowest BCUT2D eigenvalue weighted by molar-refractivity contribution is -0.122. The second kappa shape index (κ2) is 9.28. The predicted molar refractivity (Wildman–Crippen MR) is 79.2 cm³/mol. The van der Waals surface area contributed by atoms with Crippen molar-refractivity contribution in [3.05, 3.63) is 0 Å². The molecule has 5 heteroatoms. The standard InChI is InChI=1S/C14H31N3O2/c1-6-17(7-2)11-12(18)10-15-9-8-13(19)16-14(3,4)5/h12,15,18H,6-11H2,1-5H3,(H,16,19). The summed E-state index contributed by atoms with van der Waals surface area (Å²) in [7, 11) is 0. The highest BCUT2D eigenvalue weighted by atomic mass is 16.3. The Balaban J connectivity index is 3.66. The summed E-state index contributed by atoms with van der Waals surface area (Å²) in [4.78, 5) is 13.7. The zero-order valence-corrected chi connectivity index (χ0v) is 13.1. The number of nitrogens with one attached hydrogen (secondary N) is 2. The van der Waals surface area contributed by atoms with Crippen LogP contribution in [0.25, 0.3) is 0 Å². The maximum Gasteiger partial charge on any atom is 0.221 e. The lowest BCUT2D eigenvalue weighted by atomic mass is 10.1. The molecule has 0 heterocycles. The van der Waals surface area contributed by atoms with Gasteiger partial charge in [-0.2, -0.15) is 0 Å². The minimum absolute atomic E-state index is 0.0400. The Hall–Kier alpha value is -0.650. The minimum Gasteiger partial charge on any atom is -0.390 e. The van der Waals surface area contributed by atoms with Gasteiger partial charge in [-0.3, -0.25) is 4.79 Å². The molecule has 5 nitrogen and oxygen atoms in total. The van der Waals surface area contributed by atoms with Crippen LogP contribution in [0.15, 0.2) is 0 Å². The Bertz CT molecular complexity index is 248. The first-order valence-electron chi connectivity index (χ1n) is 7.20. The summed E-state index contributed by atoms with van der Waals surface area (Å²) in [6.07, 6.45) is 0.0560. The molecule has 1 unspecified atom stereocenters. The summed E-state index contributed by atoms with van der Waals surface area (Å²) in [6, 6.07) is 0. The van der Waals surface area contributed by atoms with Crippen LogP contribution in [-0.2, 0) is 4.79 Å². The van der Waals surface area contributed by atoms with Crippen molar-refractivity contribution < 1.29 is 9.90 Å². The van der Waals surface area contributed by atoms with Gasteiger partial charge in [0, 0.05) is 31.6 Å². The van der Waals surface area contributed by atoms with Crippen LogP contribution in [0.3, 0.4) is 0 Å². The Morgan fingerprint density at radius 3 is 2.32 bits per heavy atom. The third-order valence-electron chi connectivity index (χ3n) is 2.79. The molecule has 0 spiro atoms. The first kappa shape index (κ1) is 18.4. The van der Waals surface area contributed by atoms with Gasteiger partial charge < -0.3 is 20.6 Å². The van der Waals surface area contributed by atoms with Gasteiger partial charge in [0.2, 0.25) is 5.91 Å². The summed E-state index contributed by atoms with van der Waals surface area (Å²) in [5.41, 5.74) is -0.181. The summed E-state index contributed by atoms with van der Waals surface area (Å²) in [6.45, 7) is 13.7. The Labute approximate surface area is 117 Å². The number of aliphatic hydroxyl groups is 1. The number of carbonyl (C=O) groups excluding carboxylic acids is 1. The van der Waals surface area contributed by atoms with Crippen LogP contribution >= 0.6 is 0 Å². The molecule has 0 aromatic carbocycles. The van der Waals surface area contributed by atoms with Crippen LogP contribution in [0.1, 0.15) is 41.0 Å². The fraction of sp³-hybridized carbons (Fsp3) is 0.929. The van der Waals surface area contributed by atoms with Gasteiger partial charge in [-0.05, 0) is 33.9 Å². The van der Waals surface area contributed by atoms with E-state index in [2.05, 4.69) is 29.4 Å². The Morgan fingerprint density at radius 1 is 1.26 bits per heavy atom. The average molecular weight is 273 g/mol. The maximum atomic E-state index is 11.6. The smallest absolute Gasteiger partial charge is 0.221 e. The number of likely N-dealkylation sites (N-methyl/N-ethyl adjacent to an activating group) is 1. The summed E-state index contributed by atoms with van der Waals surface area (Å²) < 4.78 is 0. The molecule has 3 N–H and O–H groups in total. The number of hydrogen-bond acceptors (Lipinski definition) is 4. The van der Waals surface area contributed by atoms with E-state index in [4.69, 9.17) is 0 Å². The van der Waals surface area contributed by atoms with E-state index in [1.54, 1.807) is 0 Å². The monoisotopic (exact) mass is 273 g/mol. The molecule has 0 radical (unpaired) electrons. The van der Waals surface area contributed by atoms with Crippen molar-refractivity contribution in [3.8, 4) is 0 Å². The van der Waals surface area contributed by atoms with E-state index < -0.39 is 0 Å². The highest BCUT2D eigenvalue weighted by Gasteiger charge is 2.13. The van der Waals surface area contributed by atoms with Crippen molar-refractivity contribution in [1.82, 2.24) is 15.5 Å². The number of nitrogens with zero attached hydrogens (tertiary/aromatic N) is 1. The van der Waals surface area contributed by atoms with Gasteiger partial charge in [-0.1, -0.05) is 13.8 Å². The minimum atomic E-state index is -0.384. The topological polar surface area (TPSA) is 64.6 Å². The second-order valence-corrected chi connectivity index (χ2v) is 5.89. The largest absolute Gasteiger partial charge is 0.390 e. The van der Waals surface area contributed by atoms with Crippen molar-refractivity contribution in [3.63, 3.8) is 0 Å². The second-order valence-electron chi connectivity index (χ2n) is 5.89. The van der Waals surface area contributed by atoms with E-state index in [0.717, 1.165) is 13.1 Å². The normalized spacial score (nSPS) is 13.6. The van der Waals surface area contributed by atoms with Crippen molar-refractivity contribution in [1.29, 1.82) is 0 Å². The van der Waals surface area contributed by atoms with Gasteiger partial charge in [0.05, 0.1) is 6.10 Å². The van der Waals surface area contributed by atoms with E-state index in [0.29, 0.717) is 26.1 Å². The van der Waals surface area contributed by atoms with Crippen molar-refractivity contribution in [2.24, 2.45) is 0 Å². The van der Waals surface area contributed by atoms with E-state index >= 15 is 0 Å². The highest BCUT2D eigenvalue weighted by Crippen LogP contribution is 1.98. The first-order valence-corrected chi connectivity index (χ1v) is 7.20. The summed E-state index contributed by atoms with van der Waals surface area (Å²) >= 11 is 0. The van der Waals surface area contributed by atoms with E-state index in [1.165, 1.54) is 0 Å². The lowest BCUT2D eigenvalue weighted by Gasteiger charge is -2.22. The van der Waals surface area contributed by atoms with Crippen LogP contribution in [0.2, 0.25) is 0 Å². The third-order valence-corrected chi connectivity index (χ3v) is 2.79. The molecule has 19 heavy (non-hydrogen) atoms. The van der Waals surface area contributed by atoms with Crippen LogP contribution in [-0.4, -0.2) is 60.3 Å². The molecular weight excluding hydrogens is 242 g/mol. The zero-order valence-electron chi connectivity index (χ0n) is 13.1. The number of rotatable bonds is 9. The van der Waals surface area contributed by atoms with Crippen LogP contribution in [0.5, 0.6) is 0 Å². The molecule has 0 aliphatic rings. The molecule has 1 atom stereocenters. The lowest BCUT2D eigenvalue weighted by Crippen LogP contribution is -2.42. The van der Waals surface area contributed by atoms with E-state index in [-0.39, 0.29) is 17.6 Å². The molecule has 0 saturated carbocycles. The molecule has 1 amide bonds. The quantitative estimate of drug-likeness (QED) is 0.538. The third kappa shape index (κ3) is 10.9. The summed E-state index contributed by atoms with van der Waals surface area (Å²) in [5.74, 6) is 0.0400. The molecule has 0 fully saturated rings. The van der Waals surface area contributed by atoms with Gasteiger partial charge >= 0.3 is 0 Å². The number of amides is 1. The summed E-state index contributed by atoms with van der Waals surface area (Å²) in [5, 5.41) is 15.9. The zero-order chi connectivity index (χ0) is 14.9. The van der Waals surface area contributed by atoms with E-state index in [9.17, 15) is 9.90 Å². The van der Waals surface area contributed by atoms with Gasteiger partial charge in [-0.25, -0.2) is 0 Å². The highest BCUT2D eigenvalue weighted by molar-refractivity contribution is 5.76. The number of carbonyl (C=O) groups is 1.